The predicted octanol–water partition coefficient (Wildman–Crippen LogP) is 6.79. The van der Waals surface area contributed by atoms with E-state index in [9.17, 15) is 4.79 Å². The number of benzene rings is 4. The highest BCUT2D eigenvalue weighted by molar-refractivity contribution is 7.80. The number of rotatable bonds is 4. The molecule has 5 rings (SSSR count). The Morgan fingerprint density at radius 3 is 2.33 bits per heavy atom. The minimum absolute atomic E-state index is 0.193. The number of nitrogens with one attached hydrogen (secondary N) is 2. The molecule has 0 aliphatic heterocycles. The Morgan fingerprint density at radius 2 is 1.61 bits per heavy atom. The Bertz CT molecular complexity index is 1630. The third kappa shape index (κ3) is 4.67. The normalized spacial score (nSPS) is 11.2. The van der Waals surface area contributed by atoms with Crippen LogP contribution in [0.3, 0.4) is 0 Å². The van der Waals surface area contributed by atoms with E-state index < -0.39 is 0 Å². The van der Waals surface area contributed by atoms with Gasteiger partial charge in [0.15, 0.2) is 5.11 Å². The van der Waals surface area contributed by atoms with Gasteiger partial charge in [-0.15, -0.1) is 10.2 Å². The number of hydrogen-bond donors (Lipinski definition) is 2. The summed E-state index contributed by atoms with van der Waals surface area (Å²) >= 11 is 11.7. The molecular formula is C28H24ClN5OS. The summed E-state index contributed by atoms with van der Waals surface area (Å²) in [5.41, 5.74) is 5.81. The molecule has 0 saturated carbocycles. The van der Waals surface area contributed by atoms with Crippen LogP contribution < -0.4 is 10.6 Å². The van der Waals surface area contributed by atoms with Crippen molar-refractivity contribution in [2.75, 3.05) is 5.32 Å². The molecule has 4 aromatic carbocycles. The number of amides is 1. The molecule has 0 unspecified atom stereocenters. The van der Waals surface area contributed by atoms with Gasteiger partial charge in [-0.25, -0.2) is 0 Å². The summed E-state index contributed by atoms with van der Waals surface area (Å²) < 4.78 is 0. The fourth-order valence-electron chi connectivity index (χ4n) is 4.10. The molecule has 5 aromatic rings. The SMILES string of the molecule is Cc1cc2nn(-c3ccc(C(C)C)cc3)nc2cc1NC(=S)NC(=O)c1cccc2c(Cl)cccc12. The first-order chi connectivity index (χ1) is 17.3. The standard InChI is InChI=1S/C28H24ClN5OS/c1-16(2)18-10-12-19(13-11-18)34-32-25-14-17(3)24(15-26(25)33-34)30-28(36)31-27(35)22-8-4-7-21-20(22)6-5-9-23(21)29/h4-16H,1-3H3,(H2,30,31,35,36). The maximum atomic E-state index is 13.0. The van der Waals surface area contributed by atoms with E-state index in [0.29, 0.717) is 22.0 Å². The van der Waals surface area contributed by atoms with Gasteiger partial charge < -0.3 is 5.32 Å². The van der Waals surface area contributed by atoms with Crippen LogP contribution >= 0.6 is 23.8 Å². The van der Waals surface area contributed by atoms with Crippen LogP contribution in [0.2, 0.25) is 5.02 Å². The second-order valence-corrected chi connectivity index (χ2v) is 9.76. The van der Waals surface area contributed by atoms with Crippen molar-refractivity contribution in [3.05, 3.63) is 94.5 Å². The Labute approximate surface area is 219 Å². The number of thiocarbonyl (C=S) groups is 1. The number of carbonyl (C=O) groups excluding carboxylic acids is 1. The largest absolute Gasteiger partial charge is 0.332 e. The molecule has 0 bridgehead atoms. The van der Waals surface area contributed by atoms with Crippen molar-refractivity contribution in [3.8, 4) is 5.69 Å². The number of aromatic nitrogens is 3. The lowest BCUT2D eigenvalue weighted by Crippen LogP contribution is -2.34. The zero-order valence-electron chi connectivity index (χ0n) is 20.0. The van der Waals surface area contributed by atoms with Crippen molar-refractivity contribution in [2.45, 2.75) is 26.7 Å². The molecule has 0 fully saturated rings. The topological polar surface area (TPSA) is 71.8 Å². The lowest BCUT2D eigenvalue weighted by Gasteiger charge is -2.13. The number of aryl methyl sites for hydroxylation is 1. The maximum absolute atomic E-state index is 13.0. The fourth-order valence-corrected chi connectivity index (χ4v) is 4.54. The molecule has 0 aliphatic rings. The van der Waals surface area contributed by atoms with Gasteiger partial charge in [0, 0.05) is 21.7 Å². The van der Waals surface area contributed by atoms with Crippen LogP contribution in [0.4, 0.5) is 5.69 Å². The third-order valence-corrected chi connectivity index (χ3v) is 6.64. The summed E-state index contributed by atoms with van der Waals surface area (Å²) in [5, 5.41) is 17.5. The van der Waals surface area contributed by atoms with Crippen LogP contribution in [0.15, 0.2) is 72.8 Å². The lowest BCUT2D eigenvalue weighted by molar-refractivity contribution is 0.0979. The van der Waals surface area contributed by atoms with Crippen molar-refractivity contribution in [2.24, 2.45) is 0 Å². The molecule has 6 nitrogen and oxygen atoms in total. The zero-order chi connectivity index (χ0) is 25.4. The van der Waals surface area contributed by atoms with E-state index in [0.717, 1.165) is 33.2 Å². The number of halogens is 1. The molecule has 8 heteroatoms. The first-order valence-electron chi connectivity index (χ1n) is 11.6. The van der Waals surface area contributed by atoms with Crippen molar-refractivity contribution in [1.82, 2.24) is 20.3 Å². The van der Waals surface area contributed by atoms with Gasteiger partial charge in [0.1, 0.15) is 11.0 Å². The summed E-state index contributed by atoms with van der Waals surface area (Å²) in [7, 11) is 0. The van der Waals surface area contributed by atoms with Crippen LogP contribution in [-0.2, 0) is 0 Å². The number of anilines is 1. The molecule has 0 radical (unpaired) electrons. The van der Waals surface area contributed by atoms with Crippen molar-refractivity contribution >= 4 is 62.3 Å². The van der Waals surface area contributed by atoms with Crippen LogP contribution in [0.25, 0.3) is 27.5 Å². The molecule has 1 aromatic heterocycles. The van der Waals surface area contributed by atoms with Crippen LogP contribution in [0.5, 0.6) is 0 Å². The van der Waals surface area contributed by atoms with Gasteiger partial charge >= 0.3 is 0 Å². The van der Waals surface area contributed by atoms with Crippen molar-refractivity contribution in [3.63, 3.8) is 0 Å². The van der Waals surface area contributed by atoms with E-state index in [1.807, 2.05) is 49.4 Å². The highest BCUT2D eigenvalue weighted by atomic mass is 35.5. The van der Waals surface area contributed by atoms with E-state index in [-0.39, 0.29) is 11.0 Å². The summed E-state index contributed by atoms with van der Waals surface area (Å²) in [5.74, 6) is 0.151. The number of hydrogen-bond acceptors (Lipinski definition) is 4. The molecule has 36 heavy (non-hydrogen) atoms. The molecule has 2 N–H and O–H groups in total. The second-order valence-electron chi connectivity index (χ2n) is 8.94. The first kappa shape index (κ1) is 23.9. The van der Waals surface area contributed by atoms with Gasteiger partial charge in [-0.05, 0) is 78.0 Å². The second kappa shape index (κ2) is 9.68. The first-order valence-corrected chi connectivity index (χ1v) is 12.4. The Balaban J connectivity index is 1.36. The smallest absolute Gasteiger partial charge is 0.258 e. The Morgan fingerprint density at radius 1 is 0.944 bits per heavy atom. The van der Waals surface area contributed by atoms with Gasteiger partial charge in [-0.1, -0.05) is 61.8 Å². The third-order valence-electron chi connectivity index (χ3n) is 6.11. The molecule has 0 saturated heterocycles. The number of carbonyl (C=O) groups is 1. The Kier molecular flexibility index (Phi) is 6.43. The number of fused-ring (bicyclic) bond motifs is 2. The van der Waals surface area contributed by atoms with Crippen LogP contribution in [0, 0.1) is 6.92 Å². The van der Waals surface area contributed by atoms with E-state index >= 15 is 0 Å². The summed E-state index contributed by atoms with van der Waals surface area (Å²) in [6.45, 7) is 6.28. The summed E-state index contributed by atoms with van der Waals surface area (Å²) in [6, 6.07) is 23.0. The highest BCUT2D eigenvalue weighted by Crippen LogP contribution is 2.26. The fraction of sp³-hybridized carbons (Fsp3) is 0.143. The summed E-state index contributed by atoms with van der Waals surface area (Å²) in [6.07, 6.45) is 0. The predicted molar refractivity (Wildman–Crippen MR) is 150 cm³/mol. The molecule has 0 aliphatic carbocycles. The molecule has 1 amide bonds. The molecule has 0 spiro atoms. The van der Waals surface area contributed by atoms with Crippen LogP contribution in [-0.4, -0.2) is 26.0 Å². The highest BCUT2D eigenvalue weighted by Gasteiger charge is 2.14. The molecular weight excluding hydrogens is 490 g/mol. The Hall–Kier alpha value is -3.81. The summed E-state index contributed by atoms with van der Waals surface area (Å²) in [4.78, 5) is 14.6. The number of nitrogens with zero attached hydrogens (tertiary/aromatic N) is 3. The average Bonchev–Trinajstić information content (AvgIpc) is 3.27. The zero-order valence-corrected chi connectivity index (χ0v) is 21.6. The van der Waals surface area contributed by atoms with E-state index in [1.165, 1.54) is 5.56 Å². The minimum atomic E-state index is -0.310. The van der Waals surface area contributed by atoms with Gasteiger partial charge in [0.05, 0.1) is 5.69 Å². The van der Waals surface area contributed by atoms with E-state index in [2.05, 4.69) is 46.8 Å². The minimum Gasteiger partial charge on any atom is -0.332 e. The molecule has 1 heterocycles. The average molecular weight is 514 g/mol. The van der Waals surface area contributed by atoms with Gasteiger partial charge in [-0.2, -0.15) is 4.80 Å². The van der Waals surface area contributed by atoms with E-state index in [4.69, 9.17) is 23.8 Å². The van der Waals surface area contributed by atoms with Gasteiger partial charge in [-0.3, -0.25) is 10.1 Å². The van der Waals surface area contributed by atoms with Crippen molar-refractivity contribution in [1.29, 1.82) is 0 Å². The van der Waals surface area contributed by atoms with Gasteiger partial charge in [0.25, 0.3) is 5.91 Å². The molecule has 180 valence electrons. The lowest BCUT2D eigenvalue weighted by atomic mass is 10.0. The van der Waals surface area contributed by atoms with Crippen LogP contribution in [0.1, 0.15) is 41.3 Å². The van der Waals surface area contributed by atoms with Crippen molar-refractivity contribution < 1.29 is 4.79 Å². The quantitative estimate of drug-likeness (QED) is 0.259. The molecule has 0 atom stereocenters. The van der Waals surface area contributed by atoms with Gasteiger partial charge in [0.2, 0.25) is 0 Å². The van der Waals surface area contributed by atoms with E-state index in [1.54, 1.807) is 23.0 Å². The monoisotopic (exact) mass is 513 g/mol. The maximum Gasteiger partial charge on any atom is 0.258 e.